The Balaban J connectivity index is 1.57. The Morgan fingerprint density at radius 1 is 1.20 bits per heavy atom. The summed E-state index contributed by atoms with van der Waals surface area (Å²) in [6.45, 7) is 0.483. The highest BCUT2D eigenvalue weighted by Crippen LogP contribution is 2.30. The number of urea groups is 1. The van der Waals surface area contributed by atoms with Gasteiger partial charge in [0.1, 0.15) is 5.75 Å². The summed E-state index contributed by atoms with van der Waals surface area (Å²) in [7, 11) is 0. The first-order valence-electron chi connectivity index (χ1n) is 8.39. The molecule has 25 heavy (non-hydrogen) atoms. The fourth-order valence-electron chi connectivity index (χ4n) is 3.02. The Morgan fingerprint density at radius 3 is 2.84 bits per heavy atom. The van der Waals surface area contributed by atoms with E-state index in [1.807, 2.05) is 35.2 Å². The second-order valence-corrected chi connectivity index (χ2v) is 6.36. The number of benzene rings is 2. The molecular weight excluding hydrogens is 314 g/mol. The van der Waals surface area contributed by atoms with Crippen LogP contribution in [-0.4, -0.2) is 27.1 Å². The molecule has 0 atom stereocenters. The van der Waals surface area contributed by atoms with Gasteiger partial charge in [0.05, 0.1) is 5.69 Å². The van der Waals surface area contributed by atoms with Crippen LogP contribution >= 0.6 is 0 Å². The normalized spacial score (nSPS) is 13.6. The first kappa shape index (κ1) is 15.4. The highest BCUT2D eigenvalue weighted by molar-refractivity contribution is 6.01. The predicted octanol–water partition coefficient (Wildman–Crippen LogP) is 4.14. The van der Waals surface area contributed by atoms with Gasteiger partial charge in [0.2, 0.25) is 0 Å². The standard InChI is InChI=1S/C20H19N3O2/c24-17-5-1-3-14(11-17)13-23(16-7-8-16)20(25)22-19-6-2-4-15-12-21-10-9-18(15)19/h1-6,9-12,16,24H,7-8,13H2,(H,22,25). The predicted molar refractivity (Wildman–Crippen MR) is 97.4 cm³/mol. The van der Waals surface area contributed by atoms with Gasteiger partial charge in [-0.1, -0.05) is 24.3 Å². The molecule has 3 aromatic rings. The van der Waals surface area contributed by atoms with Crippen molar-refractivity contribution in [1.82, 2.24) is 9.88 Å². The van der Waals surface area contributed by atoms with E-state index in [0.717, 1.165) is 34.9 Å². The quantitative estimate of drug-likeness (QED) is 0.754. The van der Waals surface area contributed by atoms with Gasteiger partial charge in [-0.05, 0) is 42.7 Å². The largest absolute Gasteiger partial charge is 0.508 e. The molecule has 4 rings (SSSR count). The summed E-state index contributed by atoms with van der Waals surface area (Å²) in [5.41, 5.74) is 1.70. The minimum absolute atomic E-state index is 0.116. The van der Waals surface area contributed by atoms with E-state index in [4.69, 9.17) is 0 Å². The van der Waals surface area contributed by atoms with Gasteiger partial charge in [-0.2, -0.15) is 0 Å². The zero-order chi connectivity index (χ0) is 17.2. The topological polar surface area (TPSA) is 65.5 Å². The van der Waals surface area contributed by atoms with Crippen LogP contribution in [0.2, 0.25) is 0 Å². The number of phenols is 1. The maximum atomic E-state index is 12.9. The molecule has 1 heterocycles. The summed E-state index contributed by atoms with van der Waals surface area (Å²) in [6, 6.07) is 14.9. The molecule has 0 radical (unpaired) electrons. The summed E-state index contributed by atoms with van der Waals surface area (Å²) in [6.07, 6.45) is 5.55. The number of hydrogen-bond acceptors (Lipinski definition) is 3. The second-order valence-electron chi connectivity index (χ2n) is 6.36. The summed E-state index contributed by atoms with van der Waals surface area (Å²) in [5, 5.41) is 14.6. The average Bonchev–Trinajstić information content (AvgIpc) is 3.45. The SMILES string of the molecule is O=C(Nc1cccc2cnccc12)N(Cc1cccc(O)c1)C1CC1. The third-order valence-corrected chi connectivity index (χ3v) is 4.43. The zero-order valence-electron chi connectivity index (χ0n) is 13.7. The number of pyridine rings is 1. The van der Waals surface area contributed by atoms with E-state index < -0.39 is 0 Å². The lowest BCUT2D eigenvalue weighted by Gasteiger charge is -2.23. The molecule has 5 nitrogen and oxygen atoms in total. The fourth-order valence-corrected chi connectivity index (χ4v) is 3.02. The number of hydrogen-bond donors (Lipinski definition) is 2. The number of carbonyl (C=O) groups is 1. The maximum Gasteiger partial charge on any atom is 0.322 e. The number of nitrogens with zero attached hydrogens (tertiary/aromatic N) is 2. The molecular formula is C20H19N3O2. The van der Waals surface area contributed by atoms with Gasteiger partial charge in [0.25, 0.3) is 0 Å². The summed E-state index contributed by atoms with van der Waals surface area (Å²) in [5.74, 6) is 0.218. The molecule has 126 valence electrons. The molecule has 2 aromatic carbocycles. The number of fused-ring (bicyclic) bond motifs is 1. The molecule has 0 aliphatic heterocycles. The van der Waals surface area contributed by atoms with Crippen LogP contribution in [0, 0.1) is 0 Å². The third-order valence-electron chi connectivity index (χ3n) is 4.43. The monoisotopic (exact) mass is 333 g/mol. The van der Waals surface area contributed by atoms with Crippen molar-refractivity contribution in [2.45, 2.75) is 25.4 Å². The van der Waals surface area contributed by atoms with Gasteiger partial charge in [-0.15, -0.1) is 0 Å². The highest BCUT2D eigenvalue weighted by Gasteiger charge is 2.32. The van der Waals surface area contributed by atoms with Gasteiger partial charge < -0.3 is 15.3 Å². The van der Waals surface area contributed by atoms with E-state index in [1.54, 1.807) is 30.6 Å². The van der Waals surface area contributed by atoms with Crippen molar-refractivity contribution in [3.63, 3.8) is 0 Å². The molecule has 0 unspecified atom stereocenters. The number of carbonyl (C=O) groups excluding carboxylic acids is 1. The van der Waals surface area contributed by atoms with Crippen molar-refractivity contribution < 1.29 is 9.90 Å². The molecule has 1 aliphatic carbocycles. The van der Waals surface area contributed by atoms with E-state index >= 15 is 0 Å². The van der Waals surface area contributed by atoms with E-state index in [9.17, 15) is 9.90 Å². The average molecular weight is 333 g/mol. The van der Waals surface area contributed by atoms with Crippen molar-refractivity contribution in [2.24, 2.45) is 0 Å². The Kier molecular flexibility index (Phi) is 3.98. The number of aromatic nitrogens is 1. The van der Waals surface area contributed by atoms with Crippen LogP contribution in [0.1, 0.15) is 18.4 Å². The number of phenolic OH excluding ortho intramolecular Hbond substituents is 1. The van der Waals surface area contributed by atoms with Crippen molar-refractivity contribution in [3.8, 4) is 5.75 Å². The maximum absolute atomic E-state index is 12.9. The van der Waals surface area contributed by atoms with E-state index in [0.29, 0.717) is 6.54 Å². The Hall–Kier alpha value is -3.08. The van der Waals surface area contributed by atoms with E-state index in [1.165, 1.54) is 0 Å². The van der Waals surface area contributed by atoms with Crippen molar-refractivity contribution in [2.75, 3.05) is 5.32 Å². The van der Waals surface area contributed by atoms with Crippen LogP contribution in [-0.2, 0) is 6.54 Å². The van der Waals surface area contributed by atoms with Crippen LogP contribution in [0.3, 0.4) is 0 Å². The molecule has 2 amide bonds. The highest BCUT2D eigenvalue weighted by atomic mass is 16.3. The van der Waals surface area contributed by atoms with Gasteiger partial charge in [0.15, 0.2) is 0 Å². The number of aromatic hydroxyl groups is 1. The lowest BCUT2D eigenvalue weighted by Crippen LogP contribution is -2.36. The zero-order valence-corrected chi connectivity index (χ0v) is 13.7. The minimum Gasteiger partial charge on any atom is -0.508 e. The molecule has 2 N–H and O–H groups in total. The van der Waals surface area contributed by atoms with Crippen molar-refractivity contribution in [1.29, 1.82) is 0 Å². The summed E-state index contributed by atoms with van der Waals surface area (Å²) >= 11 is 0. The molecule has 1 aliphatic rings. The lowest BCUT2D eigenvalue weighted by atomic mass is 10.1. The fraction of sp³-hybridized carbons (Fsp3) is 0.200. The molecule has 0 saturated heterocycles. The number of rotatable bonds is 4. The molecule has 1 fully saturated rings. The van der Waals surface area contributed by atoms with Gasteiger partial charge >= 0.3 is 6.03 Å². The van der Waals surface area contributed by atoms with Gasteiger partial charge in [-0.25, -0.2) is 4.79 Å². The number of nitrogens with one attached hydrogen (secondary N) is 1. The van der Waals surface area contributed by atoms with Crippen LogP contribution in [0.5, 0.6) is 5.75 Å². The summed E-state index contributed by atoms with van der Waals surface area (Å²) in [4.78, 5) is 18.8. The first-order chi connectivity index (χ1) is 12.2. The Morgan fingerprint density at radius 2 is 2.04 bits per heavy atom. The Labute approximate surface area is 145 Å². The molecule has 0 bridgehead atoms. The molecule has 5 heteroatoms. The summed E-state index contributed by atoms with van der Waals surface area (Å²) < 4.78 is 0. The van der Waals surface area contributed by atoms with E-state index in [2.05, 4.69) is 10.3 Å². The molecule has 1 saturated carbocycles. The smallest absolute Gasteiger partial charge is 0.322 e. The number of amides is 2. The first-order valence-corrected chi connectivity index (χ1v) is 8.39. The van der Waals surface area contributed by atoms with Crippen LogP contribution in [0.25, 0.3) is 10.8 Å². The van der Waals surface area contributed by atoms with Crippen LogP contribution in [0.15, 0.2) is 60.9 Å². The third kappa shape index (κ3) is 3.40. The van der Waals surface area contributed by atoms with Crippen molar-refractivity contribution in [3.05, 3.63) is 66.5 Å². The van der Waals surface area contributed by atoms with Gasteiger partial charge in [0, 0.05) is 35.8 Å². The molecule has 1 aromatic heterocycles. The number of anilines is 1. The van der Waals surface area contributed by atoms with Crippen LogP contribution < -0.4 is 5.32 Å². The van der Waals surface area contributed by atoms with Crippen molar-refractivity contribution >= 4 is 22.5 Å². The minimum atomic E-state index is -0.116. The van der Waals surface area contributed by atoms with Crippen LogP contribution in [0.4, 0.5) is 10.5 Å². The second kappa shape index (κ2) is 6.43. The molecule has 0 spiro atoms. The van der Waals surface area contributed by atoms with E-state index in [-0.39, 0.29) is 17.8 Å². The Bertz CT molecular complexity index is 916. The van der Waals surface area contributed by atoms with Gasteiger partial charge in [-0.3, -0.25) is 4.98 Å². The lowest BCUT2D eigenvalue weighted by molar-refractivity contribution is 0.206.